The molecule has 2 aromatic rings. The van der Waals surface area contributed by atoms with Gasteiger partial charge in [-0.15, -0.1) is 0 Å². The van der Waals surface area contributed by atoms with Crippen molar-refractivity contribution in [3.05, 3.63) is 41.0 Å². The van der Waals surface area contributed by atoms with Crippen LogP contribution in [0.4, 0.5) is 0 Å². The summed E-state index contributed by atoms with van der Waals surface area (Å²) in [7, 11) is 3.27. The van der Waals surface area contributed by atoms with Gasteiger partial charge >= 0.3 is 0 Å². The van der Waals surface area contributed by atoms with Crippen LogP contribution in [-0.2, 0) is 22.6 Å². The molecular formula is C19H26N4O3. The van der Waals surface area contributed by atoms with E-state index >= 15 is 0 Å². The molecule has 1 aromatic heterocycles. The molecule has 1 N–H and O–H groups in total. The maximum atomic E-state index is 13.0. The van der Waals surface area contributed by atoms with E-state index in [2.05, 4.69) is 15.2 Å². The number of aromatic nitrogens is 3. The third-order valence-corrected chi connectivity index (χ3v) is 4.78. The number of carbonyl (C=O) groups excluding carboxylic acids is 1. The normalized spacial score (nSPS) is 17.3. The molecule has 0 aliphatic carbocycles. The number of aromatic amines is 1. The molecule has 1 aromatic carbocycles. The molecule has 1 fully saturated rings. The molecule has 7 heteroatoms. The van der Waals surface area contributed by atoms with Crippen molar-refractivity contribution in [2.45, 2.75) is 45.3 Å². The fourth-order valence-corrected chi connectivity index (χ4v) is 3.41. The van der Waals surface area contributed by atoms with E-state index < -0.39 is 0 Å². The van der Waals surface area contributed by atoms with Crippen molar-refractivity contribution >= 4 is 5.91 Å². The first kappa shape index (κ1) is 18.4. The Hall–Kier alpha value is -2.41. The lowest BCUT2D eigenvalue weighted by molar-refractivity contribution is -0.134. The molecule has 1 aliphatic rings. The van der Waals surface area contributed by atoms with Crippen LogP contribution in [0.3, 0.4) is 0 Å². The Morgan fingerprint density at radius 2 is 2.19 bits per heavy atom. The number of H-pyrrole nitrogens is 1. The van der Waals surface area contributed by atoms with Gasteiger partial charge in [-0.2, -0.15) is 5.10 Å². The fourth-order valence-electron chi connectivity index (χ4n) is 3.41. The fraction of sp³-hybridized carbons (Fsp3) is 0.526. The van der Waals surface area contributed by atoms with Gasteiger partial charge in [0.1, 0.15) is 12.4 Å². The molecule has 7 nitrogen and oxygen atoms in total. The average Bonchev–Trinajstić information content (AvgIpc) is 3.12. The van der Waals surface area contributed by atoms with Crippen molar-refractivity contribution in [1.82, 2.24) is 20.1 Å². The number of benzene rings is 1. The zero-order valence-electron chi connectivity index (χ0n) is 15.6. The van der Waals surface area contributed by atoms with Crippen molar-refractivity contribution in [1.29, 1.82) is 0 Å². The summed E-state index contributed by atoms with van der Waals surface area (Å²) in [5.41, 5.74) is 2.02. The third-order valence-electron chi connectivity index (χ3n) is 4.78. The number of hydrogen-bond donors (Lipinski definition) is 1. The van der Waals surface area contributed by atoms with Gasteiger partial charge in [-0.1, -0.05) is 12.1 Å². The van der Waals surface area contributed by atoms with E-state index in [-0.39, 0.29) is 11.9 Å². The third kappa shape index (κ3) is 4.04. The van der Waals surface area contributed by atoms with E-state index in [1.54, 1.807) is 14.2 Å². The van der Waals surface area contributed by atoms with Gasteiger partial charge in [-0.3, -0.25) is 9.89 Å². The summed E-state index contributed by atoms with van der Waals surface area (Å²) < 4.78 is 10.5. The molecule has 0 saturated carbocycles. The largest absolute Gasteiger partial charge is 0.496 e. The Morgan fingerprint density at radius 1 is 1.35 bits per heavy atom. The molecule has 1 atom stereocenters. The molecule has 1 saturated heterocycles. The Balaban J connectivity index is 1.75. The first-order chi connectivity index (χ1) is 12.6. The molecule has 0 radical (unpaired) electrons. The average molecular weight is 358 g/mol. The van der Waals surface area contributed by atoms with Crippen LogP contribution in [0.5, 0.6) is 5.75 Å². The number of carbonyl (C=O) groups is 1. The van der Waals surface area contributed by atoms with E-state index in [9.17, 15) is 4.79 Å². The Labute approximate surface area is 153 Å². The number of nitrogens with zero attached hydrogens (tertiary/aromatic N) is 3. The van der Waals surface area contributed by atoms with Crippen molar-refractivity contribution in [2.24, 2.45) is 0 Å². The zero-order valence-corrected chi connectivity index (χ0v) is 15.6. The maximum absolute atomic E-state index is 13.0. The second-order valence-corrected chi connectivity index (χ2v) is 6.65. The van der Waals surface area contributed by atoms with Crippen LogP contribution in [-0.4, -0.2) is 46.8 Å². The van der Waals surface area contributed by atoms with Crippen molar-refractivity contribution in [2.75, 3.05) is 20.8 Å². The van der Waals surface area contributed by atoms with Gasteiger partial charge in [0, 0.05) is 13.7 Å². The number of ether oxygens (including phenoxy) is 2. The first-order valence-electron chi connectivity index (χ1n) is 8.95. The Kier molecular flexibility index (Phi) is 5.88. The number of rotatable bonds is 6. The molecule has 0 unspecified atom stereocenters. The lowest BCUT2D eigenvalue weighted by Crippen LogP contribution is -2.39. The molecule has 3 rings (SSSR count). The Bertz CT molecular complexity index is 759. The molecule has 0 bridgehead atoms. The summed E-state index contributed by atoms with van der Waals surface area (Å²) >= 11 is 0. The SMILES string of the molecule is COCc1nc([C@@H]2CCCCN2C(=O)Cc2ccc(C)c(OC)c2)n[nH]1. The predicted octanol–water partition coefficient (Wildman–Crippen LogP) is 2.56. The van der Waals surface area contributed by atoms with Gasteiger partial charge < -0.3 is 14.4 Å². The van der Waals surface area contributed by atoms with Crippen molar-refractivity contribution in [3.8, 4) is 5.75 Å². The van der Waals surface area contributed by atoms with Gasteiger partial charge in [-0.25, -0.2) is 4.98 Å². The number of likely N-dealkylation sites (tertiary alicyclic amines) is 1. The van der Waals surface area contributed by atoms with Gasteiger partial charge in [0.25, 0.3) is 0 Å². The number of piperidine rings is 1. The van der Waals surface area contributed by atoms with Crippen molar-refractivity contribution in [3.63, 3.8) is 0 Å². The minimum atomic E-state index is -0.0783. The summed E-state index contributed by atoms with van der Waals surface area (Å²) in [6.07, 6.45) is 3.31. The zero-order chi connectivity index (χ0) is 18.5. The maximum Gasteiger partial charge on any atom is 0.227 e. The minimum absolute atomic E-state index is 0.0783. The number of nitrogens with one attached hydrogen (secondary N) is 1. The lowest BCUT2D eigenvalue weighted by Gasteiger charge is -2.34. The van der Waals surface area contributed by atoms with E-state index in [1.165, 1.54) is 0 Å². The van der Waals surface area contributed by atoms with Crippen molar-refractivity contribution < 1.29 is 14.3 Å². The summed E-state index contributed by atoms with van der Waals surface area (Å²) in [6, 6.07) is 5.83. The highest BCUT2D eigenvalue weighted by Crippen LogP contribution is 2.30. The number of amides is 1. The van der Waals surface area contributed by atoms with Crippen LogP contribution in [0, 0.1) is 6.92 Å². The standard InChI is InChI=1S/C19H26N4O3/c1-13-7-8-14(10-16(13)26-3)11-18(24)23-9-5-4-6-15(23)19-20-17(12-25-2)21-22-19/h7-8,10,15H,4-6,9,11-12H2,1-3H3,(H,20,21,22)/t15-/m0/s1. The summed E-state index contributed by atoms with van der Waals surface area (Å²) in [4.78, 5) is 19.4. The van der Waals surface area contributed by atoms with Crippen LogP contribution >= 0.6 is 0 Å². The highest BCUT2D eigenvalue weighted by molar-refractivity contribution is 5.79. The smallest absolute Gasteiger partial charge is 0.227 e. The van der Waals surface area contributed by atoms with Crippen LogP contribution in [0.15, 0.2) is 18.2 Å². The van der Waals surface area contributed by atoms with Gasteiger partial charge in [0.2, 0.25) is 5.91 Å². The van der Waals surface area contributed by atoms with E-state index in [4.69, 9.17) is 9.47 Å². The van der Waals surface area contributed by atoms with E-state index in [0.29, 0.717) is 24.7 Å². The number of hydrogen-bond acceptors (Lipinski definition) is 5. The van der Waals surface area contributed by atoms with Gasteiger partial charge in [0.05, 0.1) is 19.6 Å². The summed E-state index contributed by atoms with van der Waals surface area (Å²) in [6.45, 7) is 3.11. The molecule has 140 valence electrons. The van der Waals surface area contributed by atoms with Gasteiger partial charge in [0.15, 0.2) is 11.6 Å². The summed E-state index contributed by atoms with van der Waals surface area (Å²) in [5.74, 6) is 2.26. The number of aryl methyl sites for hydroxylation is 1. The second-order valence-electron chi connectivity index (χ2n) is 6.65. The van der Waals surface area contributed by atoms with Crippen LogP contribution in [0.2, 0.25) is 0 Å². The quantitative estimate of drug-likeness (QED) is 0.858. The lowest BCUT2D eigenvalue weighted by atomic mass is 10.00. The van der Waals surface area contributed by atoms with E-state index in [1.807, 2.05) is 30.0 Å². The van der Waals surface area contributed by atoms with Crippen LogP contribution in [0.1, 0.15) is 48.1 Å². The highest BCUT2D eigenvalue weighted by atomic mass is 16.5. The summed E-state index contributed by atoms with van der Waals surface area (Å²) in [5, 5.41) is 7.20. The Morgan fingerprint density at radius 3 is 2.96 bits per heavy atom. The topological polar surface area (TPSA) is 80.3 Å². The van der Waals surface area contributed by atoms with E-state index in [0.717, 1.165) is 42.7 Å². The number of methoxy groups -OCH3 is 2. The van der Waals surface area contributed by atoms with Crippen LogP contribution < -0.4 is 4.74 Å². The molecule has 2 heterocycles. The second kappa shape index (κ2) is 8.31. The predicted molar refractivity (Wildman–Crippen MR) is 96.8 cm³/mol. The minimum Gasteiger partial charge on any atom is -0.496 e. The molecule has 0 spiro atoms. The van der Waals surface area contributed by atoms with Crippen LogP contribution in [0.25, 0.3) is 0 Å². The first-order valence-corrected chi connectivity index (χ1v) is 8.95. The monoisotopic (exact) mass is 358 g/mol. The van der Waals surface area contributed by atoms with Gasteiger partial charge in [-0.05, 0) is 43.4 Å². The molecular weight excluding hydrogens is 332 g/mol. The highest BCUT2D eigenvalue weighted by Gasteiger charge is 2.30. The molecule has 1 amide bonds. The molecule has 26 heavy (non-hydrogen) atoms. The molecule has 1 aliphatic heterocycles.